The van der Waals surface area contributed by atoms with Gasteiger partial charge in [-0.15, -0.1) is 0 Å². The van der Waals surface area contributed by atoms with E-state index in [1.54, 1.807) is 7.11 Å². The standard InChI is InChI=1S/C13H23N3O/c1-11(2)9-16(8-7-14)10-12-5-4-6-13(15-12)17-3/h4-6,11H,7-10,14H2,1-3H3. The molecule has 96 valence electrons. The van der Waals surface area contributed by atoms with Gasteiger partial charge in [0.25, 0.3) is 0 Å². The summed E-state index contributed by atoms with van der Waals surface area (Å²) in [5.74, 6) is 1.30. The van der Waals surface area contributed by atoms with Crippen LogP contribution in [0.5, 0.6) is 5.88 Å². The maximum Gasteiger partial charge on any atom is 0.213 e. The molecule has 0 saturated heterocycles. The second kappa shape index (κ2) is 7.25. The van der Waals surface area contributed by atoms with Crippen molar-refractivity contribution in [3.8, 4) is 5.88 Å². The third-order valence-electron chi connectivity index (χ3n) is 2.44. The Morgan fingerprint density at radius 1 is 1.41 bits per heavy atom. The molecule has 0 bridgehead atoms. The fraction of sp³-hybridized carbons (Fsp3) is 0.615. The topological polar surface area (TPSA) is 51.4 Å². The van der Waals surface area contributed by atoms with Gasteiger partial charge in [0.2, 0.25) is 5.88 Å². The Morgan fingerprint density at radius 2 is 2.18 bits per heavy atom. The van der Waals surface area contributed by atoms with Gasteiger partial charge in [-0.25, -0.2) is 4.98 Å². The number of nitrogens with two attached hydrogens (primary N) is 1. The van der Waals surface area contributed by atoms with Crippen LogP contribution in [0.15, 0.2) is 18.2 Å². The quantitative estimate of drug-likeness (QED) is 0.781. The van der Waals surface area contributed by atoms with Crippen molar-refractivity contribution in [2.45, 2.75) is 20.4 Å². The average molecular weight is 237 g/mol. The van der Waals surface area contributed by atoms with E-state index < -0.39 is 0 Å². The second-order valence-electron chi connectivity index (χ2n) is 4.59. The molecule has 0 fully saturated rings. The summed E-state index contributed by atoms with van der Waals surface area (Å²) in [5, 5.41) is 0. The highest BCUT2D eigenvalue weighted by atomic mass is 16.5. The van der Waals surface area contributed by atoms with Crippen LogP contribution in [0.3, 0.4) is 0 Å². The largest absolute Gasteiger partial charge is 0.481 e. The Labute approximate surface area is 104 Å². The molecule has 0 unspecified atom stereocenters. The number of aromatic nitrogens is 1. The SMILES string of the molecule is COc1cccc(CN(CCN)CC(C)C)n1. The summed E-state index contributed by atoms with van der Waals surface area (Å²) in [5.41, 5.74) is 6.65. The minimum atomic E-state index is 0.632. The number of ether oxygens (including phenoxy) is 1. The average Bonchev–Trinajstić information content (AvgIpc) is 2.29. The molecule has 17 heavy (non-hydrogen) atoms. The van der Waals surface area contributed by atoms with Crippen molar-refractivity contribution in [1.29, 1.82) is 0 Å². The van der Waals surface area contributed by atoms with E-state index in [0.717, 1.165) is 25.3 Å². The first kappa shape index (κ1) is 13.9. The minimum absolute atomic E-state index is 0.632. The Balaban J connectivity index is 2.64. The van der Waals surface area contributed by atoms with Crippen molar-refractivity contribution in [3.63, 3.8) is 0 Å². The van der Waals surface area contributed by atoms with Crippen molar-refractivity contribution < 1.29 is 4.74 Å². The van der Waals surface area contributed by atoms with Gasteiger partial charge in [0, 0.05) is 32.2 Å². The molecule has 1 aromatic heterocycles. The molecule has 0 spiro atoms. The van der Waals surface area contributed by atoms with Crippen LogP contribution in [0.1, 0.15) is 19.5 Å². The van der Waals surface area contributed by atoms with E-state index in [1.807, 2.05) is 18.2 Å². The molecular formula is C13H23N3O. The van der Waals surface area contributed by atoms with E-state index >= 15 is 0 Å². The summed E-state index contributed by atoms with van der Waals surface area (Å²) in [7, 11) is 1.64. The zero-order chi connectivity index (χ0) is 12.7. The molecule has 4 heteroatoms. The smallest absolute Gasteiger partial charge is 0.213 e. The normalized spacial score (nSPS) is 11.2. The van der Waals surface area contributed by atoms with E-state index in [2.05, 4.69) is 23.7 Å². The molecule has 0 amide bonds. The van der Waals surface area contributed by atoms with E-state index in [9.17, 15) is 0 Å². The molecule has 0 aliphatic carbocycles. The maximum atomic E-state index is 5.63. The summed E-state index contributed by atoms with van der Waals surface area (Å²) in [6.07, 6.45) is 0. The van der Waals surface area contributed by atoms with Crippen molar-refractivity contribution in [2.24, 2.45) is 11.7 Å². The Kier molecular flexibility index (Phi) is 5.94. The predicted molar refractivity (Wildman–Crippen MR) is 70.0 cm³/mol. The fourth-order valence-corrected chi connectivity index (χ4v) is 1.82. The predicted octanol–water partition coefficient (Wildman–Crippen LogP) is 1.51. The highest BCUT2D eigenvalue weighted by Gasteiger charge is 2.08. The lowest BCUT2D eigenvalue weighted by atomic mass is 10.2. The molecule has 2 N–H and O–H groups in total. The summed E-state index contributed by atoms with van der Waals surface area (Å²) >= 11 is 0. The van der Waals surface area contributed by atoms with E-state index in [0.29, 0.717) is 18.3 Å². The van der Waals surface area contributed by atoms with Gasteiger partial charge in [-0.05, 0) is 12.0 Å². The van der Waals surface area contributed by atoms with Gasteiger partial charge in [0.1, 0.15) is 0 Å². The lowest BCUT2D eigenvalue weighted by molar-refractivity contribution is 0.239. The summed E-state index contributed by atoms with van der Waals surface area (Å²) < 4.78 is 5.12. The first-order valence-corrected chi connectivity index (χ1v) is 6.08. The molecule has 0 aliphatic rings. The van der Waals surface area contributed by atoms with Gasteiger partial charge in [-0.2, -0.15) is 0 Å². The van der Waals surface area contributed by atoms with Crippen LogP contribution in [0.25, 0.3) is 0 Å². The minimum Gasteiger partial charge on any atom is -0.481 e. The molecule has 0 radical (unpaired) electrons. The maximum absolute atomic E-state index is 5.63. The fourth-order valence-electron chi connectivity index (χ4n) is 1.82. The molecular weight excluding hydrogens is 214 g/mol. The number of nitrogens with zero attached hydrogens (tertiary/aromatic N) is 2. The van der Waals surface area contributed by atoms with Crippen LogP contribution in [0, 0.1) is 5.92 Å². The van der Waals surface area contributed by atoms with E-state index in [1.165, 1.54) is 0 Å². The van der Waals surface area contributed by atoms with Crippen LogP contribution in [0.4, 0.5) is 0 Å². The number of hydrogen-bond donors (Lipinski definition) is 1. The van der Waals surface area contributed by atoms with Gasteiger partial charge in [0.05, 0.1) is 12.8 Å². The first-order chi connectivity index (χ1) is 8.15. The van der Waals surface area contributed by atoms with Crippen molar-refractivity contribution in [2.75, 3.05) is 26.7 Å². The van der Waals surface area contributed by atoms with Gasteiger partial charge in [-0.1, -0.05) is 19.9 Å². The molecule has 1 heterocycles. The number of rotatable bonds is 7. The van der Waals surface area contributed by atoms with Crippen molar-refractivity contribution in [1.82, 2.24) is 9.88 Å². The van der Waals surface area contributed by atoms with Crippen molar-refractivity contribution in [3.05, 3.63) is 23.9 Å². The third kappa shape index (κ3) is 5.15. The van der Waals surface area contributed by atoms with Crippen LogP contribution in [-0.2, 0) is 6.54 Å². The number of pyridine rings is 1. The van der Waals surface area contributed by atoms with E-state index in [-0.39, 0.29) is 0 Å². The lowest BCUT2D eigenvalue weighted by Crippen LogP contribution is -2.32. The van der Waals surface area contributed by atoms with Gasteiger partial charge in [-0.3, -0.25) is 4.90 Å². The summed E-state index contributed by atoms with van der Waals surface area (Å²) in [4.78, 5) is 6.74. The highest BCUT2D eigenvalue weighted by molar-refractivity contribution is 5.15. The third-order valence-corrected chi connectivity index (χ3v) is 2.44. The lowest BCUT2D eigenvalue weighted by Gasteiger charge is -2.23. The molecule has 1 rings (SSSR count). The van der Waals surface area contributed by atoms with Gasteiger partial charge >= 0.3 is 0 Å². The van der Waals surface area contributed by atoms with Gasteiger partial charge in [0.15, 0.2) is 0 Å². The Hall–Kier alpha value is -1.13. The van der Waals surface area contributed by atoms with Crippen LogP contribution >= 0.6 is 0 Å². The highest BCUT2D eigenvalue weighted by Crippen LogP contribution is 2.10. The monoisotopic (exact) mass is 237 g/mol. The van der Waals surface area contributed by atoms with Crippen LogP contribution in [0.2, 0.25) is 0 Å². The molecule has 0 atom stereocenters. The summed E-state index contributed by atoms with van der Waals surface area (Å²) in [6.45, 7) is 7.86. The molecule has 0 aromatic carbocycles. The second-order valence-corrected chi connectivity index (χ2v) is 4.59. The number of hydrogen-bond acceptors (Lipinski definition) is 4. The molecule has 0 aliphatic heterocycles. The van der Waals surface area contributed by atoms with E-state index in [4.69, 9.17) is 10.5 Å². The van der Waals surface area contributed by atoms with Crippen LogP contribution in [-0.4, -0.2) is 36.6 Å². The van der Waals surface area contributed by atoms with Crippen molar-refractivity contribution >= 4 is 0 Å². The zero-order valence-electron chi connectivity index (χ0n) is 11.0. The molecule has 1 aromatic rings. The molecule has 4 nitrogen and oxygen atoms in total. The Bertz CT molecular complexity index is 328. The molecule has 0 saturated carbocycles. The Morgan fingerprint density at radius 3 is 2.76 bits per heavy atom. The zero-order valence-corrected chi connectivity index (χ0v) is 11.0. The summed E-state index contributed by atoms with van der Waals surface area (Å²) in [6, 6.07) is 5.85. The number of methoxy groups -OCH3 is 1. The first-order valence-electron chi connectivity index (χ1n) is 6.08. The van der Waals surface area contributed by atoms with Gasteiger partial charge < -0.3 is 10.5 Å². The van der Waals surface area contributed by atoms with Crippen LogP contribution < -0.4 is 10.5 Å².